The van der Waals surface area contributed by atoms with Crippen molar-refractivity contribution in [2.24, 2.45) is 0 Å². The fraction of sp³-hybridized carbons (Fsp3) is 0.609. The van der Waals surface area contributed by atoms with Crippen LogP contribution in [0.4, 0.5) is 4.79 Å². The fourth-order valence-electron chi connectivity index (χ4n) is 3.08. The van der Waals surface area contributed by atoms with Crippen LogP contribution in [0.15, 0.2) is 24.3 Å². The van der Waals surface area contributed by atoms with Gasteiger partial charge in [-0.05, 0) is 39.7 Å². The lowest BCUT2D eigenvalue weighted by Gasteiger charge is -2.31. The molecule has 0 bridgehead atoms. The number of hydrogen-bond donors (Lipinski definition) is 3. The lowest BCUT2D eigenvalue weighted by atomic mass is 10.0. The van der Waals surface area contributed by atoms with Crippen LogP contribution >= 0.6 is 0 Å². The fourth-order valence-corrected chi connectivity index (χ4v) is 3.08. The zero-order valence-corrected chi connectivity index (χ0v) is 19.5. The molecule has 0 aliphatic heterocycles. The van der Waals surface area contributed by atoms with Gasteiger partial charge in [0, 0.05) is 13.6 Å². The van der Waals surface area contributed by atoms with E-state index >= 15 is 0 Å². The van der Waals surface area contributed by atoms with Gasteiger partial charge in [0.25, 0.3) is 0 Å². The third kappa shape index (κ3) is 8.96. The second-order valence-corrected chi connectivity index (χ2v) is 8.65. The van der Waals surface area contributed by atoms with Crippen molar-refractivity contribution in [3.63, 3.8) is 0 Å². The summed E-state index contributed by atoms with van der Waals surface area (Å²) in [5.41, 5.74) is 0.854. The van der Waals surface area contributed by atoms with Crippen molar-refractivity contribution in [3.05, 3.63) is 35.4 Å². The Hall–Kier alpha value is -2.61. The second-order valence-electron chi connectivity index (χ2n) is 8.65. The molecule has 8 heteroatoms. The van der Waals surface area contributed by atoms with Crippen molar-refractivity contribution < 1.29 is 24.2 Å². The van der Waals surface area contributed by atoms with E-state index in [0.29, 0.717) is 12.1 Å². The zero-order chi connectivity index (χ0) is 23.6. The van der Waals surface area contributed by atoms with Gasteiger partial charge >= 0.3 is 6.09 Å². The molecule has 2 atom stereocenters. The number of ether oxygens (including phenoxy) is 1. The Balaban J connectivity index is 3.05. The molecule has 0 fully saturated rings. The SMILES string of the molecule is CCCCCNC(=O)C(c1cccc(C)c1)N(C)C(=O)C(CO)NC(=O)OC(C)(C)C. The van der Waals surface area contributed by atoms with Crippen molar-refractivity contribution in [2.45, 2.75) is 71.6 Å². The summed E-state index contributed by atoms with van der Waals surface area (Å²) in [6, 6.07) is 5.21. The van der Waals surface area contributed by atoms with Crippen LogP contribution in [0.5, 0.6) is 0 Å². The van der Waals surface area contributed by atoms with Crippen LogP contribution in [0.1, 0.15) is 64.1 Å². The third-order valence-corrected chi connectivity index (χ3v) is 4.59. The highest BCUT2D eigenvalue weighted by atomic mass is 16.6. The first-order valence-electron chi connectivity index (χ1n) is 10.7. The van der Waals surface area contributed by atoms with Gasteiger partial charge < -0.3 is 25.4 Å². The topological polar surface area (TPSA) is 108 Å². The maximum absolute atomic E-state index is 13.1. The van der Waals surface area contributed by atoms with E-state index in [4.69, 9.17) is 4.74 Å². The van der Waals surface area contributed by atoms with Crippen molar-refractivity contribution >= 4 is 17.9 Å². The number of aliphatic hydroxyl groups excluding tert-OH is 1. The zero-order valence-electron chi connectivity index (χ0n) is 19.5. The molecule has 0 saturated carbocycles. The number of aryl methyl sites for hydroxylation is 1. The van der Waals surface area contributed by atoms with Gasteiger partial charge in [-0.1, -0.05) is 49.6 Å². The highest BCUT2D eigenvalue weighted by Gasteiger charge is 2.33. The number of unbranched alkanes of at least 4 members (excludes halogenated alkanes) is 2. The Morgan fingerprint density at radius 2 is 1.87 bits per heavy atom. The van der Waals surface area contributed by atoms with Crippen molar-refractivity contribution in [1.29, 1.82) is 0 Å². The van der Waals surface area contributed by atoms with Gasteiger partial charge in [0.05, 0.1) is 6.61 Å². The largest absolute Gasteiger partial charge is 0.444 e. The number of aliphatic hydroxyl groups is 1. The lowest BCUT2D eigenvalue weighted by Crippen LogP contribution is -2.53. The average molecular weight is 436 g/mol. The Morgan fingerprint density at radius 1 is 1.19 bits per heavy atom. The summed E-state index contributed by atoms with van der Waals surface area (Å²) in [4.78, 5) is 39.4. The van der Waals surface area contributed by atoms with E-state index in [9.17, 15) is 19.5 Å². The molecular weight excluding hydrogens is 398 g/mol. The minimum atomic E-state index is -1.24. The molecule has 3 N–H and O–H groups in total. The smallest absolute Gasteiger partial charge is 0.408 e. The molecule has 0 heterocycles. The first kappa shape index (κ1) is 26.4. The lowest BCUT2D eigenvalue weighted by molar-refractivity contribution is -0.141. The minimum absolute atomic E-state index is 0.313. The number of likely N-dealkylation sites (N-methyl/N-ethyl adjacent to an activating group) is 1. The van der Waals surface area contributed by atoms with E-state index in [0.717, 1.165) is 24.8 Å². The van der Waals surface area contributed by atoms with Gasteiger partial charge in [0.1, 0.15) is 17.7 Å². The summed E-state index contributed by atoms with van der Waals surface area (Å²) < 4.78 is 5.17. The van der Waals surface area contributed by atoms with E-state index in [1.165, 1.54) is 11.9 Å². The molecule has 1 rings (SSSR count). The minimum Gasteiger partial charge on any atom is -0.444 e. The Morgan fingerprint density at radius 3 is 2.42 bits per heavy atom. The maximum Gasteiger partial charge on any atom is 0.408 e. The highest BCUT2D eigenvalue weighted by molar-refractivity contribution is 5.92. The van der Waals surface area contributed by atoms with Crippen LogP contribution in [0.2, 0.25) is 0 Å². The number of nitrogens with one attached hydrogen (secondary N) is 2. The summed E-state index contributed by atoms with van der Waals surface area (Å²) in [5.74, 6) is -0.907. The number of rotatable bonds is 10. The number of alkyl carbamates (subject to hydrolysis) is 1. The van der Waals surface area contributed by atoms with E-state index in [2.05, 4.69) is 17.6 Å². The molecule has 174 valence electrons. The van der Waals surface area contributed by atoms with E-state index in [-0.39, 0.29) is 5.91 Å². The predicted octanol–water partition coefficient (Wildman–Crippen LogP) is 2.69. The summed E-state index contributed by atoms with van der Waals surface area (Å²) in [6.07, 6.45) is 2.06. The Bertz CT molecular complexity index is 745. The Labute approximate surface area is 185 Å². The molecule has 0 saturated heterocycles. The number of carbonyl (C=O) groups is 3. The molecular formula is C23H37N3O5. The summed E-state index contributed by atoms with van der Waals surface area (Å²) in [5, 5.41) is 15.0. The van der Waals surface area contributed by atoms with Crippen LogP contribution in [0.25, 0.3) is 0 Å². The maximum atomic E-state index is 13.1. The predicted molar refractivity (Wildman–Crippen MR) is 119 cm³/mol. The van der Waals surface area contributed by atoms with Crippen LogP contribution in [-0.2, 0) is 14.3 Å². The number of hydrogen-bond acceptors (Lipinski definition) is 5. The van der Waals surface area contributed by atoms with Crippen LogP contribution in [0.3, 0.4) is 0 Å². The van der Waals surface area contributed by atoms with E-state index < -0.39 is 36.3 Å². The molecule has 8 nitrogen and oxygen atoms in total. The number of carbonyl (C=O) groups excluding carboxylic acids is 3. The second kappa shape index (κ2) is 12.3. The number of amides is 3. The van der Waals surface area contributed by atoms with Crippen LogP contribution in [-0.4, -0.2) is 59.8 Å². The van der Waals surface area contributed by atoms with Crippen LogP contribution < -0.4 is 10.6 Å². The monoisotopic (exact) mass is 435 g/mol. The van der Waals surface area contributed by atoms with Crippen molar-refractivity contribution in [2.75, 3.05) is 20.2 Å². The highest BCUT2D eigenvalue weighted by Crippen LogP contribution is 2.22. The van der Waals surface area contributed by atoms with Gasteiger partial charge in [0.15, 0.2) is 0 Å². The Kier molecular flexibility index (Phi) is 10.5. The summed E-state index contributed by atoms with van der Waals surface area (Å²) in [6.45, 7) is 8.97. The number of benzene rings is 1. The molecule has 31 heavy (non-hydrogen) atoms. The van der Waals surface area contributed by atoms with E-state index in [1.54, 1.807) is 26.8 Å². The summed E-state index contributed by atoms with van der Waals surface area (Å²) in [7, 11) is 1.49. The molecule has 3 amide bonds. The van der Waals surface area contributed by atoms with Gasteiger partial charge in [-0.25, -0.2) is 4.79 Å². The van der Waals surface area contributed by atoms with Gasteiger partial charge in [-0.3, -0.25) is 9.59 Å². The molecule has 1 aromatic carbocycles. The summed E-state index contributed by atoms with van der Waals surface area (Å²) >= 11 is 0. The van der Waals surface area contributed by atoms with Crippen molar-refractivity contribution in [1.82, 2.24) is 15.5 Å². The molecule has 0 aromatic heterocycles. The molecule has 1 aromatic rings. The van der Waals surface area contributed by atoms with Crippen molar-refractivity contribution in [3.8, 4) is 0 Å². The molecule has 0 radical (unpaired) electrons. The van der Waals surface area contributed by atoms with Gasteiger partial charge in [0.2, 0.25) is 11.8 Å². The molecule has 0 spiro atoms. The average Bonchev–Trinajstić information content (AvgIpc) is 2.67. The third-order valence-electron chi connectivity index (χ3n) is 4.59. The van der Waals surface area contributed by atoms with E-state index in [1.807, 2.05) is 25.1 Å². The normalized spacial score (nSPS) is 13.1. The standard InChI is InChI=1S/C23H37N3O5/c1-7-8-9-13-24-20(28)19(17-12-10-11-16(2)14-17)26(6)21(29)18(15-27)25-22(30)31-23(3,4)5/h10-12,14,18-19,27H,7-9,13,15H2,1-6H3,(H,24,28)(H,25,30). The van der Waals surface area contributed by atoms with Gasteiger partial charge in [-0.15, -0.1) is 0 Å². The number of nitrogens with zero attached hydrogens (tertiary/aromatic N) is 1. The molecule has 2 unspecified atom stereocenters. The first-order valence-corrected chi connectivity index (χ1v) is 10.7. The quantitative estimate of drug-likeness (QED) is 0.490. The van der Waals surface area contributed by atoms with Crippen LogP contribution in [0, 0.1) is 6.92 Å². The first-order chi connectivity index (χ1) is 14.5. The molecule has 0 aliphatic rings. The van der Waals surface area contributed by atoms with Gasteiger partial charge in [-0.2, -0.15) is 0 Å². The molecule has 0 aliphatic carbocycles.